The van der Waals surface area contributed by atoms with Crippen LogP contribution in [0.1, 0.15) is 24.0 Å². The van der Waals surface area contributed by atoms with E-state index < -0.39 is 5.82 Å². The minimum Gasteiger partial charge on any atom is -0.312 e. The van der Waals surface area contributed by atoms with Gasteiger partial charge in [0.2, 0.25) is 0 Å². The molecule has 0 radical (unpaired) electrons. The lowest BCUT2D eigenvalue weighted by atomic mass is 10.1. The van der Waals surface area contributed by atoms with E-state index in [0.717, 1.165) is 17.4 Å². The highest BCUT2D eigenvalue weighted by molar-refractivity contribution is 6.04. The minimum absolute atomic E-state index is 0.0217. The molecule has 5 nitrogen and oxygen atoms in total. The Bertz CT molecular complexity index is 616. The summed E-state index contributed by atoms with van der Waals surface area (Å²) in [5.74, 6) is -0.731. The average Bonchev–Trinajstić information content (AvgIpc) is 3.00. The molecule has 2 saturated heterocycles. The van der Waals surface area contributed by atoms with Crippen LogP contribution in [-0.2, 0) is 11.3 Å². The number of imide groups is 1. The first-order chi connectivity index (χ1) is 9.61. The van der Waals surface area contributed by atoms with Gasteiger partial charge in [-0.3, -0.25) is 9.69 Å². The molecule has 0 aliphatic carbocycles. The van der Waals surface area contributed by atoms with E-state index in [1.54, 1.807) is 4.90 Å². The third kappa shape index (κ3) is 1.83. The molecule has 3 amide bonds. The Kier molecular flexibility index (Phi) is 2.90. The molecule has 1 aromatic rings. The van der Waals surface area contributed by atoms with Gasteiger partial charge in [-0.05, 0) is 30.5 Å². The van der Waals surface area contributed by atoms with Gasteiger partial charge in [0.25, 0.3) is 5.91 Å². The van der Waals surface area contributed by atoms with Crippen LogP contribution in [0.15, 0.2) is 18.2 Å². The van der Waals surface area contributed by atoms with Crippen LogP contribution < -0.4 is 0 Å². The number of nitriles is 1. The Hall–Kier alpha value is -2.42. The number of hydrogen-bond donors (Lipinski definition) is 0. The van der Waals surface area contributed by atoms with Crippen LogP contribution in [0.4, 0.5) is 9.18 Å². The van der Waals surface area contributed by atoms with Gasteiger partial charge in [-0.15, -0.1) is 0 Å². The maximum absolute atomic E-state index is 13.1. The van der Waals surface area contributed by atoms with E-state index in [0.29, 0.717) is 18.5 Å². The molecule has 6 heteroatoms. The number of fused-ring (bicyclic) bond motifs is 1. The van der Waals surface area contributed by atoms with Crippen LogP contribution in [0.3, 0.4) is 0 Å². The van der Waals surface area contributed by atoms with Gasteiger partial charge in [-0.25, -0.2) is 9.18 Å². The van der Waals surface area contributed by atoms with Crippen molar-refractivity contribution in [3.63, 3.8) is 0 Å². The Morgan fingerprint density at radius 3 is 2.90 bits per heavy atom. The predicted molar refractivity (Wildman–Crippen MR) is 66.8 cm³/mol. The second kappa shape index (κ2) is 4.60. The number of carbonyl (C=O) groups is 2. The van der Waals surface area contributed by atoms with Crippen molar-refractivity contribution in [2.45, 2.75) is 25.4 Å². The van der Waals surface area contributed by atoms with E-state index in [1.807, 2.05) is 6.07 Å². The summed E-state index contributed by atoms with van der Waals surface area (Å²) in [5, 5.41) is 8.99. The smallest absolute Gasteiger partial charge is 0.312 e. The number of rotatable bonds is 2. The van der Waals surface area contributed by atoms with Crippen LogP contribution in [0.25, 0.3) is 0 Å². The van der Waals surface area contributed by atoms with E-state index >= 15 is 0 Å². The second-order valence-corrected chi connectivity index (χ2v) is 4.97. The molecular formula is C14H12FN3O2. The largest absolute Gasteiger partial charge is 0.327 e. The average molecular weight is 273 g/mol. The zero-order valence-electron chi connectivity index (χ0n) is 10.7. The maximum Gasteiger partial charge on any atom is 0.327 e. The highest BCUT2D eigenvalue weighted by Gasteiger charge is 2.47. The summed E-state index contributed by atoms with van der Waals surface area (Å²) in [6.07, 6.45) is 1.53. The summed E-state index contributed by atoms with van der Waals surface area (Å²) in [5.41, 5.74) is 0.634. The van der Waals surface area contributed by atoms with E-state index in [4.69, 9.17) is 5.26 Å². The summed E-state index contributed by atoms with van der Waals surface area (Å²) in [4.78, 5) is 27.0. The van der Waals surface area contributed by atoms with E-state index in [-0.39, 0.29) is 30.1 Å². The Morgan fingerprint density at radius 2 is 2.20 bits per heavy atom. The Labute approximate surface area is 115 Å². The summed E-state index contributed by atoms with van der Waals surface area (Å²) in [7, 11) is 0. The zero-order valence-corrected chi connectivity index (χ0v) is 10.7. The topological polar surface area (TPSA) is 64.4 Å². The molecule has 2 heterocycles. The minimum atomic E-state index is -0.509. The summed E-state index contributed by atoms with van der Waals surface area (Å²) >= 11 is 0. The van der Waals surface area contributed by atoms with Crippen molar-refractivity contribution in [1.82, 2.24) is 9.80 Å². The van der Waals surface area contributed by atoms with E-state index in [9.17, 15) is 14.0 Å². The molecule has 0 aromatic heterocycles. The molecular weight excluding hydrogens is 261 g/mol. The number of halogens is 1. The predicted octanol–water partition coefficient (Wildman–Crippen LogP) is 1.62. The molecule has 0 N–H and O–H groups in total. The third-order valence-corrected chi connectivity index (χ3v) is 3.80. The third-order valence-electron chi connectivity index (χ3n) is 3.80. The van der Waals surface area contributed by atoms with Gasteiger partial charge < -0.3 is 4.90 Å². The number of nitrogens with zero attached hydrogens (tertiary/aromatic N) is 3. The highest BCUT2D eigenvalue weighted by atomic mass is 19.1. The molecule has 2 fully saturated rings. The van der Waals surface area contributed by atoms with Crippen LogP contribution in [0.2, 0.25) is 0 Å². The first-order valence-electron chi connectivity index (χ1n) is 6.42. The van der Waals surface area contributed by atoms with Crippen LogP contribution in [0.5, 0.6) is 0 Å². The fraction of sp³-hybridized carbons (Fsp3) is 0.357. The zero-order chi connectivity index (χ0) is 14.3. The summed E-state index contributed by atoms with van der Waals surface area (Å²) < 4.78 is 13.1. The van der Waals surface area contributed by atoms with Crippen molar-refractivity contribution in [3.05, 3.63) is 35.1 Å². The molecule has 102 valence electrons. The molecule has 0 spiro atoms. The van der Waals surface area contributed by atoms with Gasteiger partial charge in [0, 0.05) is 6.54 Å². The van der Waals surface area contributed by atoms with Crippen molar-refractivity contribution in [2.75, 3.05) is 6.54 Å². The number of hydrogen-bond acceptors (Lipinski definition) is 3. The van der Waals surface area contributed by atoms with Gasteiger partial charge in [-0.1, -0.05) is 6.07 Å². The standard InChI is InChI=1S/C14H12FN3O2/c15-11-4-3-9(10(6-11)7-16)8-18-13(19)12-2-1-5-17(12)14(18)20/h3-4,6,12H,1-2,5,8H2/t12-/m0/s1. The monoisotopic (exact) mass is 273 g/mol. The first-order valence-corrected chi connectivity index (χ1v) is 6.42. The maximum atomic E-state index is 13.1. The molecule has 3 rings (SSSR count). The van der Waals surface area contributed by atoms with Crippen LogP contribution >= 0.6 is 0 Å². The number of carbonyl (C=O) groups excluding carboxylic acids is 2. The lowest BCUT2D eigenvalue weighted by Crippen LogP contribution is -2.32. The van der Waals surface area contributed by atoms with Gasteiger partial charge in [0.15, 0.2) is 0 Å². The molecule has 1 atom stereocenters. The summed E-state index contributed by atoms with van der Waals surface area (Å²) in [6, 6.07) is 5.00. The van der Waals surface area contributed by atoms with Crippen molar-refractivity contribution in [3.8, 4) is 6.07 Å². The molecule has 0 unspecified atom stereocenters. The van der Waals surface area contributed by atoms with Crippen LogP contribution in [0, 0.1) is 17.1 Å². The molecule has 20 heavy (non-hydrogen) atoms. The van der Waals surface area contributed by atoms with Crippen molar-refractivity contribution in [2.24, 2.45) is 0 Å². The quantitative estimate of drug-likeness (QED) is 0.769. The highest BCUT2D eigenvalue weighted by Crippen LogP contribution is 2.28. The Morgan fingerprint density at radius 1 is 1.40 bits per heavy atom. The second-order valence-electron chi connectivity index (χ2n) is 4.97. The van der Waals surface area contributed by atoms with Gasteiger partial charge in [0.1, 0.15) is 11.9 Å². The molecule has 0 bridgehead atoms. The fourth-order valence-corrected chi connectivity index (χ4v) is 2.79. The fourth-order valence-electron chi connectivity index (χ4n) is 2.79. The van der Waals surface area contributed by atoms with Gasteiger partial charge >= 0.3 is 6.03 Å². The van der Waals surface area contributed by atoms with Crippen LogP contribution in [-0.4, -0.2) is 34.3 Å². The Balaban J connectivity index is 1.87. The van der Waals surface area contributed by atoms with Gasteiger partial charge in [-0.2, -0.15) is 5.26 Å². The number of amides is 3. The SMILES string of the molecule is N#Cc1cc(F)ccc1CN1C(=O)[C@@H]2CCCN2C1=O. The summed E-state index contributed by atoms with van der Waals surface area (Å²) in [6.45, 7) is 0.619. The number of urea groups is 1. The molecule has 2 aliphatic rings. The first kappa shape index (κ1) is 12.6. The van der Waals surface area contributed by atoms with E-state index in [2.05, 4.69) is 0 Å². The molecule has 0 saturated carbocycles. The van der Waals surface area contributed by atoms with Gasteiger partial charge in [0.05, 0.1) is 18.2 Å². The van der Waals surface area contributed by atoms with E-state index in [1.165, 1.54) is 12.1 Å². The number of benzene rings is 1. The van der Waals surface area contributed by atoms with Crippen molar-refractivity contribution in [1.29, 1.82) is 5.26 Å². The van der Waals surface area contributed by atoms with Crippen molar-refractivity contribution >= 4 is 11.9 Å². The normalized spacial score (nSPS) is 21.3. The molecule has 1 aromatic carbocycles. The molecule has 2 aliphatic heterocycles. The lowest BCUT2D eigenvalue weighted by molar-refractivity contribution is -0.128. The van der Waals surface area contributed by atoms with Crippen molar-refractivity contribution < 1.29 is 14.0 Å². The lowest BCUT2D eigenvalue weighted by Gasteiger charge is -2.16.